The fraction of sp³-hybridized carbons (Fsp3) is 0.647. The number of likely N-dealkylation sites (N-methyl/N-ethyl adjacent to an activating group) is 1. The molecule has 4 nitrogen and oxygen atoms in total. The maximum Gasteiger partial charge on any atom is 0.119 e. The lowest BCUT2D eigenvalue weighted by atomic mass is 10.2. The standard InChI is InChI=1S/C17H29N3O/c1-3-7-18-15-16-5-4-6-17(14-16)21-13-12-20-10-8-19(2)9-11-20/h4-6,14,18H,3,7-13,15H2,1-2H3. The highest BCUT2D eigenvalue weighted by Gasteiger charge is 2.13. The van der Waals surface area contributed by atoms with Gasteiger partial charge in [-0.05, 0) is 37.7 Å². The third-order valence-electron chi connectivity index (χ3n) is 3.93. The van der Waals surface area contributed by atoms with Crippen molar-refractivity contribution in [3.8, 4) is 5.75 Å². The highest BCUT2D eigenvalue weighted by Crippen LogP contribution is 2.13. The molecule has 1 aliphatic rings. The predicted octanol–water partition coefficient (Wildman–Crippen LogP) is 1.81. The Kier molecular flexibility index (Phi) is 7.00. The molecule has 0 bridgehead atoms. The normalized spacial score (nSPS) is 17.0. The molecule has 0 aromatic heterocycles. The summed E-state index contributed by atoms with van der Waals surface area (Å²) in [5.41, 5.74) is 1.29. The summed E-state index contributed by atoms with van der Waals surface area (Å²) in [5, 5.41) is 3.42. The Hall–Kier alpha value is -1.10. The van der Waals surface area contributed by atoms with E-state index in [0.717, 1.165) is 45.1 Å². The second-order valence-electron chi connectivity index (χ2n) is 5.82. The number of rotatable bonds is 8. The highest BCUT2D eigenvalue weighted by atomic mass is 16.5. The summed E-state index contributed by atoms with van der Waals surface area (Å²) in [4.78, 5) is 4.86. The molecule has 1 aliphatic heterocycles. The number of nitrogens with zero attached hydrogens (tertiary/aromatic N) is 2. The lowest BCUT2D eigenvalue weighted by Crippen LogP contribution is -2.45. The first-order chi connectivity index (χ1) is 10.3. The van der Waals surface area contributed by atoms with Crippen LogP contribution in [0.3, 0.4) is 0 Å². The van der Waals surface area contributed by atoms with Crippen molar-refractivity contribution in [1.82, 2.24) is 15.1 Å². The minimum absolute atomic E-state index is 0.773. The second kappa shape index (κ2) is 9.03. The van der Waals surface area contributed by atoms with Gasteiger partial charge in [-0.1, -0.05) is 19.1 Å². The Morgan fingerprint density at radius 2 is 2.00 bits per heavy atom. The Morgan fingerprint density at radius 1 is 1.19 bits per heavy atom. The number of hydrogen-bond donors (Lipinski definition) is 1. The minimum atomic E-state index is 0.773. The zero-order valence-corrected chi connectivity index (χ0v) is 13.5. The van der Waals surface area contributed by atoms with Crippen molar-refractivity contribution in [2.45, 2.75) is 19.9 Å². The Labute approximate surface area is 129 Å². The Morgan fingerprint density at radius 3 is 2.76 bits per heavy atom. The Balaban J connectivity index is 1.69. The van der Waals surface area contributed by atoms with Crippen molar-refractivity contribution in [2.24, 2.45) is 0 Å². The molecule has 21 heavy (non-hydrogen) atoms. The first kappa shape index (κ1) is 16.3. The number of hydrogen-bond acceptors (Lipinski definition) is 4. The average molecular weight is 291 g/mol. The molecule has 1 aromatic rings. The van der Waals surface area contributed by atoms with Crippen LogP contribution in [-0.4, -0.2) is 62.7 Å². The number of benzene rings is 1. The van der Waals surface area contributed by atoms with E-state index in [1.165, 1.54) is 25.1 Å². The van der Waals surface area contributed by atoms with Crippen LogP contribution in [0, 0.1) is 0 Å². The quantitative estimate of drug-likeness (QED) is 0.739. The fourth-order valence-corrected chi connectivity index (χ4v) is 2.52. The van der Waals surface area contributed by atoms with Crippen LogP contribution in [0.2, 0.25) is 0 Å². The Bertz CT molecular complexity index is 403. The van der Waals surface area contributed by atoms with Crippen molar-refractivity contribution < 1.29 is 4.74 Å². The molecule has 1 N–H and O–H groups in total. The van der Waals surface area contributed by atoms with E-state index in [4.69, 9.17) is 4.74 Å². The van der Waals surface area contributed by atoms with Crippen LogP contribution in [0.25, 0.3) is 0 Å². The molecule has 1 aromatic carbocycles. The lowest BCUT2D eigenvalue weighted by Gasteiger charge is -2.32. The van der Waals surface area contributed by atoms with E-state index in [-0.39, 0.29) is 0 Å². The number of piperazine rings is 1. The van der Waals surface area contributed by atoms with Crippen LogP contribution < -0.4 is 10.1 Å². The summed E-state index contributed by atoms with van der Waals surface area (Å²) in [7, 11) is 2.19. The van der Waals surface area contributed by atoms with E-state index in [0.29, 0.717) is 0 Å². The molecule has 0 saturated carbocycles. The third kappa shape index (κ3) is 6.04. The van der Waals surface area contributed by atoms with Crippen LogP contribution in [0.15, 0.2) is 24.3 Å². The minimum Gasteiger partial charge on any atom is -0.492 e. The predicted molar refractivity (Wildman–Crippen MR) is 87.9 cm³/mol. The van der Waals surface area contributed by atoms with Crippen LogP contribution in [0.1, 0.15) is 18.9 Å². The van der Waals surface area contributed by atoms with Gasteiger partial charge in [0.2, 0.25) is 0 Å². The number of nitrogens with one attached hydrogen (secondary N) is 1. The molecule has 0 amide bonds. The summed E-state index contributed by atoms with van der Waals surface area (Å²) in [6, 6.07) is 8.42. The third-order valence-corrected chi connectivity index (χ3v) is 3.93. The van der Waals surface area contributed by atoms with Gasteiger partial charge in [0.05, 0.1) is 0 Å². The molecular formula is C17H29N3O. The summed E-state index contributed by atoms with van der Waals surface area (Å²) >= 11 is 0. The number of ether oxygens (including phenoxy) is 1. The van der Waals surface area contributed by atoms with Gasteiger partial charge in [0.1, 0.15) is 12.4 Å². The molecular weight excluding hydrogens is 262 g/mol. The van der Waals surface area contributed by atoms with Crippen molar-refractivity contribution in [3.63, 3.8) is 0 Å². The zero-order chi connectivity index (χ0) is 14.9. The lowest BCUT2D eigenvalue weighted by molar-refractivity contribution is 0.133. The van der Waals surface area contributed by atoms with Gasteiger partial charge >= 0.3 is 0 Å². The molecule has 0 unspecified atom stereocenters. The first-order valence-corrected chi connectivity index (χ1v) is 8.11. The fourth-order valence-electron chi connectivity index (χ4n) is 2.52. The molecule has 1 fully saturated rings. The van der Waals surface area contributed by atoms with E-state index < -0.39 is 0 Å². The topological polar surface area (TPSA) is 27.7 Å². The zero-order valence-electron chi connectivity index (χ0n) is 13.5. The van der Waals surface area contributed by atoms with Crippen molar-refractivity contribution >= 4 is 0 Å². The van der Waals surface area contributed by atoms with Crippen molar-refractivity contribution in [3.05, 3.63) is 29.8 Å². The van der Waals surface area contributed by atoms with E-state index >= 15 is 0 Å². The van der Waals surface area contributed by atoms with Crippen LogP contribution in [0.4, 0.5) is 0 Å². The molecule has 118 valence electrons. The molecule has 0 radical (unpaired) electrons. The van der Waals surface area contributed by atoms with Gasteiger partial charge in [0, 0.05) is 39.3 Å². The van der Waals surface area contributed by atoms with E-state index in [1.807, 2.05) is 6.07 Å². The molecule has 1 saturated heterocycles. The maximum atomic E-state index is 5.90. The van der Waals surface area contributed by atoms with Gasteiger partial charge in [-0.3, -0.25) is 4.90 Å². The summed E-state index contributed by atoms with van der Waals surface area (Å²) in [6.45, 7) is 10.6. The molecule has 2 rings (SSSR count). The van der Waals surface area contributed by atoms with E-state index in [1.54, 1.807) is 0 Å². The largest absolute Gasteiger partial charge is 0.492 e. The monoisotopic (exact) mass is 291 g/mol. The average Bonchev–Trinajstić information content (AvgIpc) is 2.50. The highest BCUT2D eigenvalue weighted by molar-refractivity contribution is 5.28. The van der Waals surface area contributed by atoms with Gasteiger partial charge in [-0.15, -0.1) is 0 Å². The van der Waals surface area contributed by atoms with Crippen molar-refractivity contribution in [2.75, 3.05) is 52.9 Å². The van der Waals surface area contributed by atoms with Gasteiger partial charge in [-0.25, -0.2) is 0 Å². The molecule has 4 heteroatoms. The maximum absolute atomic E-state index is 5.90. The first-order valence-electron chi connectivity index (χ1n) is 8.11. The van der Waals surface area contributed by atoms with E-state index in [9.17, 15) is 0 Å². The molecule has 0 atom stereocenters. The van der Waals surface area contributed by atoms with Crippen LogP contribution in [0.5, 0.6) is 5.75 Å². The molecule has 0 aliphatic carbocycles. The summed E-state index contributed by atoms with van der Waals surface area (Å²) in [6.07, 6.45) is 1.17. The SMILES string of the molecule is CCCNCc1cccc(OCCN2CCN(C)CC2)c1. The molecule has 1 heterocycles. The van der Waals surface area contributed by atoms with Gasteiger partial charge < -0.3 is 15.0 Å². The van der Waals surface area contributed by atoms with Gasteiger partial charge in [-0.2, -0.15) is 0 Å². The van der Waals surface area contributed by atoms with Crippen LogP contribution in [-0.2, 0) is 6.54 Å². The van der Waals surface area contributed by atoms with Gasteiger partial charge in [0.25, 0.3) is 0 Å². The van der Waals surface area contributed by atoms with E-state index in [2.05, 4.69) is 47.3 Å². The summed E-state index contributed by atoms with van der Waals surface area (Å²) in [5.74, 6) is 0.986. The second-order valence-corrected chi connectivity index (χ2v) is 5.82. The van der Waals surface area contributed by atoms with Gasteiger partial charge in [0.15, 0.2) is 0 Å². The molecule has 0 spiro atoms. The van der Waals surface area contributed by atoms with Crippen molar-refractivity contribution in [1.29, 1.82) is 0 Å². The smallest absolute Gasteiger partial charge is 0.119 e. The van der Waals surface area contributed by atoms with Crippen LogP contribution >= 0.6 is 0 Å². The summed E-state index contributed by atoms with van der Waals surface area (Å²) < 4.78 is 5.90.